The maximum Gasteiger partial charge on any atom is 1.00 e. The molecular formula is C18H19N3Na2O7S2. The van der Waals surface area contributed by atoms with Crippen LogP contribution in [0.4, 0.5) is 17.1 Å². The summed E-state index contributed by atoms with van der Waals surface area (Å²) in [6.45, 7) is 0.496. The molecule has 1 heterocycles. The van der Waals surface area contributed by atoms with E-state index in [1.807, 2.05) is 42.5 Å². The number of para-hydroxylation sites is 1. The molecule has 2 aromatic carbocycles. The molecule has 0 unspecified atom stereocenters. The van der Waals surface area contributed by atoms with E-state index in [0.717, 1.165) is 17.1 Å². The van der Waals surface area contributed by atoms with Gasteiger partial charge in [-0.2, -0.15) is 0 Å². The molecule has 32 heavy (non-hydrogen) atoms. The molecule has 162 valence electrons. The first-order valence-corrected chi connectivity index (χ1v) is 11.2. The van der Waals surface area contributed by atoms with Gasteiger partial charge in [0.25, 0.3) is 0 Å². The second-order valence-electron chi connectivity index (χ2n) is 5.96. The van der Waals surface area contributed by atoms with Gasteiger partial charge in [-0.05, 0) is 42.5 Å². The Bertz CT molecular complexity index is 1170. The molecule has 0 saturated carbocycles. The molecule has 0 atom stereocenters. The van der Waals surface area contributed by atoms with Gasteiger partial charge in [-0.1, -0.05) is 18.2 Å². The van der Waals surface area contributed by atoms with Crippen molar-refractivity contribution in [1.82, 2.24) is 0 Å². The van der Waals surface area contributed by atoms with Crippen LogP contribution in [-0.4, -0.2) is 33.0 Å². The molecule has 3 rings (SSSR count). The van der Waals surface area contributed by atoms with Crippen molar-refractivity contribution in [2.45, 2.75) is 11.4 Å². The maximum atomic E-state index is 12.0. The van der Waals surface area contributed by atoms with Crippen molar-refractivity contribution >= 4 is 37.5 Å². The van der Waals surface area contributed by atoms with E-state index in [-0.39, 0.29) is 64.0 Å². The van der Waals surface area contributed by atoms with Gasteiger partial charge in [0, 0.05) is 28.8 Å². The quantitative estimate of drug-likeness (QED) is 0.195. The molecule has 3 N–H and O–H groups in total. The third-order valence-electron chi connectivity index (χ3n) is 3.82. The minimum atomic E-state index is -5.17. The number of rotatable bonds is 6. The van der Waals surface area contributed by atoms with Gasteiger partial charge in [0.15, 0.2) is 0 Å². The zero-order valence-electron chi connectivity index (χ0n) is 17.8. The van der Waals surface area contributed by atoms with E-state index in [4.69, 9.17) is 27.1 Å². The van der Waals surface area contributed by atoms with Crippen molar-refractivity contribution in [3.63, 3.8) is 0 Å². The van der Waals surface area contributed by atoms with Crippen molar-refractivity contribution in [2.75, 3.05) is 17.3 Å². The summed E-state index contributed by atoms with van der Waals surface area (Å²) in [4.78, 5) is 1.86. The molecular weight excluding hydrogens is 480 g/mol. The van der Waals surface area contributed by atoms with E-state index >= 15 is 0 Å². The van der Waals surface area contributed by atoms with E-state index in [0.29, 0.717) is 12.2 Å². The number of hydrogen-bond donors (Lipinski definition) is 2. The zero-order valence-corrected chi connectivity index (χ0v) is 23.4. The van der Waals surface area contributed by atoms with Crippen LogP contribution in [0.3, 0.4) is 0 Å². The SMILES string of the molecule is CN(c1ccccc1)c1cc(NCc2ccco2)ccc1S(N)(=O)=O.O=S(=O)([O-])[O-].[Na+].[Na+]. The van der Waals surface area contributed by atoms with Crippen molar-refractivity contribution in [3.8, 4) is 0 Å². The molecule has 0 amide bonds. The third kappa shape index (κ3) is 10.8. The summed E-state index contributed by atoms with van der Waals surface area (Å²) in [6.07, 6.45) is 1.61. The van der Waals surface area contributed by atoms with Crippen LogP contribution >= 0.6 is 0 Å². The fourth-order valence-electron chi connectivity index (χ4n) is 2.52. The monoisotopic (exact) mass is 499 g/mol. The number of benzene rings is 2. The van der Waals surface area contributed by atoms with Crippen LogP contribution in [0.5, 0.6) is 0 Å². The van der Waals surface area contributed by atoms with Crippen LogP contribution in [0.2, 0.25) is 0 Å². The van der Waals surface area contributed by atoms with Gasteiger partial charge in [0.2, 0.25) is 10.0 Å². The average Bonchev–Trinajstić information content (AvgIpc) is 3.18. The second-order valence-corrected chi connectivity index (χ2v) is 8.31. The van der Waals surface area contributed by atoms with Crippen LogP contribution in [-0.2, 0) is 27.0 Å². The first-order valence-electron chi connectivity index (χ1n) is 8.34. The number of hydrogen-bond acceptors (Lipinski definition) is 9. The van der Waals surface area contributed by atoms with Crippen molar-refractivity contribution < 1.29 is 89.5 Å². The molecule has 0 saturated heterocycles. The van der Waals surface area contributed by atoms with Gasteiger partial charge in [-0.25, -0.2) is 13.6 Å². The number of nitrogens with two attached hydrogens (primary N) is 1. The van der Waals surface area contributed by atoms with Gasteiger partial charge in [0.1, 0.15) is 10.7 Å². The number of nitrogens with one attached hydrogen (secondary N) is 1. The van der Waals surface area contributed by atoms with Crippen molar-refractivity contribution in [2.24, 2.45) is 5.14 Å². The number of primary sulfonamides is 1. The summed E-state index contributed by atoms with van der Waals surface area (Å²) in [7, 11) is -7.21. The fourth-order valence-corrected chi connectivity index (χ4v) is 3.27. The van der Waals surface area contributed by atoms with Crippen LogP contribution < -0.4 is 74.5 Å². The van der Waals surface area contributed by atoms with Gasteiger partial charge in [-0.3, -0.25) is 8.42 Å². The average molecular weight is 499 g/mol. The molecule has 0 spiro atoms. The van der Waals surface area contributed by atoms with E-state index in [9.17, 15) is 8.42 Å². The Morgan fingerprint density at radius 3 is 2.06 bits per heavy atom. The molecule has 0 aliphatic heterocycles. The van der Waals surface area contributed by atoms with Crippen LogP contribution in [0, 0.1) is 0 Å². The Kier molecular flexibility index (Phi) is 13.3. The molecule has 0 fully saturated rings. The third-order valence-corrected chi connectivity index (χ3v) is 4.78. The largest absolute Gasteiger partial charge is 1.00 e. The van der Waals surface area contributed by atoms with Crippen LogP contribution in [0.25, 0.3) is 0 Å². The molecule has 0 radical (unpaired) electrons. The molecule has 0 aliphatic rings. The van der Waals surface area contributed by atoms with Crippen molar-refractivity contribution in [3.05, 3.63) is 72.7 Å². The normalized spacial score (nSPS) is 10.6. The van der Waals surface area contributed by atoms with Crippen LogP contribution in [0.1, 0.15) is 5.76 Å². The van der Waals surface area contributed by atoms with E-state index < -0.39 is 20.4 Å². The first kappa shape index (κ1) is 31.1. The van der Waals surface area contributed by atoms with Gasteiger partial charge in [0.05, 0.1) is 18.5 Å². The van der Waals surface area contributed by atoms with Crippen molar-refractivity contribution in [1.29, 1.82) is 0 Å². The molecule has 3 aromatic rings. The summed E-state index contributed by atoms with van der Waals surface area (Å²) in [5.74, 6) is 0.786. The maximum absolute atomic E-state index is 12.0. The number of nitrogens with zero attached hydrogens (tertiary/aromatic N) is 1. The smallest absolute Gasteiger partial charge is 0.759 e. The molecule has 14 heteroatoms. The fraction of sp³-hybridized carbons (Fsp3) is 0.111. The second kappa shape index (κ2) is 13.7. The summed E-state index contributed by atoms with van der Waals surface area (Å²) in [6, 6.07) is 18.1. The summed E-state index contributed by atoms with van der Waals surface area (Å²) in [5, 5.41) is 8.60. The Balaban J connectivity index is 0.00000124. The van der Waals surface area contributed by atoms with Crippen LogP contribution in [0.15, 0.2) is 76.2 Å². The Morgan fingerprint density at radius 1 is 0.969 bits per heavy atom. The van der Waals surface area contributed by atoms with Gasteiger partial charge >= 0.3 is 59.1 Å². The van der Waals surface area contributed by atoms with E-state index in [1.54, 1.807) is 30.3 Å². The minimum absolute atomic E-state index is 0. The number of furan rings is 1. The van der Waals surface area contributed by atoms with E-state index in [2.05, 4.69) is 5.32 Å². The number of anilines is 3. The Hall–Kier alpha value is -0.900. The van der Waals surface area contributed by atoms with Gasteiger partial charge < -0.3 is 23.7 Å². The van der Waals surface area contributed by atoms with Gasteiger partial charge in [-0.15, -0.1) is 0 Å². The summed E-state index contributed by atoms with van der Waals surface area (Å²) >= 11 is 0. The molecule has 0 bridgehead atoms. The predicted octanol–water partition coefficient (Wildman–Crippen LogP) is -4.02. The standard InChI is InChI=1S/C18H19N3O3S.2Na.H2O4S/c1-21(15-6-3-2-4-7-15)17-12-14(9-10-18(17)25(19,22)23)20-13-16-8-5-11-24-16;;;1-5(2,3)4/h2-12,20H,13H2,1H3,(H2,19,22,23);;;(H2,1,2,3,4)/q;2*+1;/p-2. The molecule has 1 aromatic heterocycles. The first-order chi connectivity index (χ1) is 13.9. The zero-order chi connectivity index (χ0) is 22.4. The molecule has 10 nitrogen and oxygen atoms in total. The van der Waals surface area contributed by atoms with E-state index in [1.165, 1.54) is 6.07 Å². The summed E-state index contributed by atoms with van der Waals surface area (Å²) < 4.78 is 63.3. The molecule has 0 aliphatic carbocycles. The topological polar surface area (TPSA) is 169 Å². The Labute approximate surface area is 231 Å². The predicted molar refractivity (Wildman–Crippen MR) is 109 cm³/mol. The Morgan fingerprint density at radius 2 is 1.56 bits per heavy atom. The number of sulfonamides is 1. The summed E-state index contributed by atoms with van der Waals surface area (Å²) in [5.41, 5.74) is 2.12. The minimum Gasteiger partial charge on any atom is -0.759 e.